The first-order chi connectivity index (χ1) is 15.1. The topological polar surface area (TPSA) is 107 Å². The fourth-order valence-corrected chi connectivity index (χ4v) is 2.87. The molecule has 0 aliphatic carbocycles. The van der Waals surface area contributed by atoms with Crippen LogP contribution in [0.1, 0.15) is 24.3 Å². The maximum atomic E-state index is 12.0. The highest BCUT2D eigenvalue weighted by Gasteiger charge is 2.11. The number of aromatic nitrogens is 2. The zero-order valence-electron chi connectivity index (χ0n) is 17.5. The van der Waals surface area contributed by atoms with Crippen molar-refractivity contribution in [2.75, 3.05) is 20.3 Å². The standard InChI is InChI=1S/C23H27N3O5/c1-29-20-12-10-17(11-13-20)15-30-16-19(27)14-24-21(28)8-5-9-22-25-26-23(31-22)18-6-3-2-4-7-18/h2-4,6-7,10-13,19,27H,5,8-9,14-16H2,1H3,(H,24,28)/t19-/m1/s1. The molecular formula is C23H27N3O5. The number of carbonyl (C=O) groups is 1. The number of ether oxygens (including phenoxy) is 2. The minimum atomic E-state index is -0.772. The number of aliphatic hydroxyl groups excluding tert-OH is 1. The number of benzene rings is 2. The summed E-state index contributed by atoms with van der Waals surface area (Å²) < 4.78 is 16.2. The molecule has 8 nitrogen and oxygen atoms in total. The van der Waals surface area contributed by atoms with E-state index < -0.39 is 6.10 Å². The van der Waals surface area contributed by atoms with Gasteiger partial charge in [0, 0.05) is 24.9 Å². The van der Waals surface area contributed by atoms with Crippen LogP contribution in [0.15, 0.2) is 59.0 Å². The summed E-state index contributed by atoms with van der Waals surface area (Å²) in [6, 6.07) is 17.0. The van der Waals surface area contributed by atoms with E-state index in [-0.39, 0.29) is 19.1 Å². The van der Waals surface area contributed by atoms with E-state index in [1.54, 1.807) is 7.11 Å². The molecule has 1 amide bonds. The van der Waals surface area contributed by atoms with Gasteiger partial charge in [-0.05, 0) is 36.2 Å². The molecule has 2 N–H and O–H groups in total. The van der Waals surface area contributed by atoms with Gasteiger partial charge < -0.3 is 24.3 Å². The van der Waals surface area contributed by atoms with Gasteiger partial charge in [-0.25, -0.2) is 0 Å². The Morgan fingerprint density at radius 3 is 2.65 bits per heavy atom. The molecule has 1 aromatic heterocycles. The molecule has 0 unspecified atom stereocenters. The van der Waals surface area contributed by atoms with Crippen molar-refractivity contribution in [3.8, 4) is 17.2 Å². The van der Waals surface area contributed by atoms with Gasteiger partial charge in [-0.15, -0.1) is 10.2 Å². The highest BCUT2D eigenvalue weighted by atomic mass is 16.5. The Morgan fingerprint density at radius 1 is 1.13 bits per heavy atom. The van der Waals surface area contributed by atoms with Gasteiger partial charge in [0.15, 0.2) is 0 Å². The third-order valence-electron chi connectivity index (χ3n) is 4.55. The van der Waals surface area contributed by atoms with E-state index in [1.165, 1.54) is 0 Å². The molecule has 0 fully saturated rings. The van der Waals surface area contributed by atoms with E-state index in [2.05, 4.69) is 15.5 Å². The van der Waals surface area contributed by atoms with Crippen LogP contribution in [0.5, 0.6) is 5.75 Å². The normalized spacial score (nSPS) is 11.8. The molecule has 0 saturated heterocycles. The van der Waals surface area contributed by atoms with Gasteiger partial charge in [-0.2, -0.15) is 0 Å². The second kappa shape index (κ2) is 11.8. The molecule has 0 spiro atoms. The summed E-state index contributed by atoms with van der Waals surface area (Å²) in [7, 11) is 1.61. The average Bonchev–Trinajstić information content (AvgIpc) is 3.28. The Bertz CT molecular complexity index is 928. The Balaban J connectivity index is 1.28. The summed E-state index contributed by atoms with van der Waals surface area (Å²) in [5, 5.41) is 20.7. The molecule has 0 aliphatic rings. The van der Waals surface area contributed by atoms with Crippen molar-refractivity contribution in [2.45, 2.75) is 32.0 Å². The number of hydrogen-bond donors (Lipinski definition) is 2. The SMILES string of the molecule is COc1ccc(COC[C@H](O)CNC(=O)CCCc2nnc(-c3ccccc3)o2)cc1. The van der Waals surface area contributed by atoms with Gasteiger partial charge in [0.05, 0.1) is 26.4 Å². The number of methoxy groups -OCH3 is 1. The number of aliphatic hydroxyl groups is 1. The quantitative estimate of drug-likeness (QED) is 0.459. The monoisotopic (exact) mass is 425 g/mol. The van der Waals surface area contributed by atoms with Crippen LogP contribution >= 0.6 is 0 Å². The van der Waals surface area contributed by atoms with Crippen LogP contribution < -0.4 is 10.1 Å². The van der Waals surface area contributed by atoms with Crippen LogP contribution in [0.3, 0.4) is 0 Å². The van der Waals surface area contributed by atoms with Crippen molar-refractivity contribution in [1.29, 1.82) is 0 Å². The van der Waals surface area contributed by atoms with Crippen LogP contribution in [0.2, 0.25) is 0 Å². The largest absolute Gasteiger partial charge is 0.497 e. The minimum absolute atomic E-state index is 0.135. The van der Waals surface area contributed by atoms with Crippen LogP contribution in [0.4, 0.5) is 0 Å². The molecule has 3 aromatic rings. The number of nitrogens with zero attached hydrogens (tertiary/aromatic N) is 2. The maximum Gasteiger partial charge on any atom is 0.247 e. The van der Waals surface area contributed by atoms with Gasteiger partial charge in [-0.1, -0.05) is 30.3 Å². The predicted octanol–water partition coefficient (Wildman–Crippen LogP) is 2.76. The van der Waals surface area contributed by atoms with Gasteiger partial charge in [0.2, 0.25) is 17.7 Å². The van der Waals surface area contributed by atoms with Gasteiger partial charge in [0.1, 0.15) is 5.75 Å². The molecule has 0 saturated carbocycles. The predicted molar refractivity (Wildman–Crippen MR) is 114 cm³/mol. The first-order valence-electron chi connectivity index (χ1n) is 10.2. The lowest BCUT2D eigenvalue weighted by molar-refractivity contribution is -0.121. The molecule has 3 rings (SSSR count). The molecule has 1 atom stereocenters. The molecule has 31 heavy (non-hydrogen) atoms. The van der Waals surface area contributed by atoms with E-state index >= 15 is 0 Å². The summed E-state index contributed by atoms with van der Waals surface area (Å²) in [6.07, 6.45) is 0.627. The fraction of sp³-hybridized carbons (Fsp3) is 0.348. The first-order valence-corrected chi connectivity index (χ1v) is 10.2. The number of nitrogens with one attached hydrogen (secondary N) is 1. The Kier molecular flexibility index (Phi) is 8.57. The highest BCUT2D eigenvalue weighted by Crippen LogP contribution is 2.17. The molecule has 0 bridgehead atoms. The van der Waals surface area contributed by atoms with E-state index in [1.807, 2.05) is 54.6 Å². The third-order valence-corrected chi connectivity index (χ3v) is 4.55. The lowest BCUT2D eigenvalue weighted by atomic mass is 10.2. The molecule has 8 heteroatoms. The van der Waals surface area contributed by atoms with Gasteiger partial charge >= 0.3 is 0 Å². The zero-order chi connectivity index (χ0) is 21.9. The van der Waals surface area contributed by atoms with Crippen molar-refractivity contribution in [3.63, 3.8) is 0 Å². The number of aryl methyl sites for hydroxylation is 1. The second-order valence-electron chi connectivity index (χ2n) is 7.04. The number of rotatable bonds is 12. The van der Waals surface area contributed by atoms with Crippen LogP contribution in [-0.2, 0) is 22.6 Å². The number of amides is 1. The summed E-state index contributed by atoms with van der Waals surface area (Å²) in [5.74, 6) is 1.61. The Hall–Kier alpha value is -3.23. The van der Waals surface area contributed by atoms with E-state index in [0.29, 0.717) is 37.7 Å². The Morgan fingerprint density at radius 2 is 1.90 bits per heavy atom. The number of hydrogen-bond acceptors (Lipinski definition) is 7. The van der Waals surface area contributed by atoms with Crippen molar-refractivity contribution >= 4 is 5.91 Å². The lowest BCUT2D eigenvalue weighted by Crippen LogP contribution is -2.34. The van der Waals surface area contributed by atoms with Crippen LogP contribution in [0.25, 0.3) is 11.5 Å². The van der Waals surface area contributed by atoms with E-state index in [9.17, 15) is 9.90 Å². The summed E-state index contributed by atoms with van der Waals surface area (Å²) >= 11 is 0. The number of carbonyl (C=O) groups excluding carboxylic acids is 1. The fourth-order valence-electron chi connectivity index (χ4n) is 2.87. The van der Waals surface area contributed by atoms with Crippen LogP contribution in [-0.4, -0.2) is 47.6 Å². The van der Waals surface area contributed by atoms with Gasteiger partial charge in [-0.3, -0.25) is 4.79 Å². The summed E-state index contributed by atoms with van der Waals surface area (Å²) in [4.78, 5) is 12.0. The molecule has 1 heterocycles. The van der Waals surface area contributed by atoms with E-state index in [4.69, 9.17) is 13.9 Å². The summed E-state index contributed by atoms with van der Waals surface area (Å²) in [5.41, 5.74) is 1.84. The zero-order valence-corrected chi connectivity index (χ0v) is 17.5. The first kappa shape index (κ1) is 22.5. The minimum Gasteiger partial charge on any atom is -0.497 e. The van der Waals surface area contributed by atoms with Crippen molar-refractivity contribution < 1.29 is 23.8 Å². The van der Waals surface area contributed by atoms with Crippen molar-refractivity contribution in [2.24, 2.45) is 0 Å². The molecule has 0 radical (unpaired) electrons. The van der Waals surface area contributed by atoms with Crippen LogP contribution in [0, 0.1) is 0 Å². The molecule has 2 aromatic carbocycles. The molecular weight excluding hydrogens is 398 g/mol. The van der Waals surface area contributed by atoms with Crippen molar-refractivity contribution in [3.05, 3.63) is 66.1 Å². The molecule has 164 valence electrons. The second-order valence-corrected chi connectivity index (χ2v) is 7.04. The maximum absolute atomic E-state index is 12.0. The Labute approximate surface area is 181 Å². The molecule has 0 aliphatic heterocycles. The van der Waals surface area contributed by atoms with E-state index in [0.717, 1.165) is 16.9 Å². The highest BCUT2D eigenvalue weighted by molar-refractivity contribution is 5.75. The van der Waals surface area contributed by atoms with Crippen molar-refractivity contribution in [1.82, 2.24) is 15.5 Å². The van der Waals surface area contributed by atoms with Gasteiger partial charge in [0.25, 0.3) is 0 Å². The lowest BCUT2D eigenvalue weighted by Gasteiger charge is -2.12. The smallest absolute Gasteiger partial charge is 0.247 e. The summed E-state index contributed by atoms with van der Waals surface area (Å²) in [6.45, 7) is 0.654. The third kappa shape index (κ3) is 7.51. The average molecular weight is 425 g/mol.